The zero-order chi connectivity index (χ0) is 8.82. The summed E-state index contributed by atoms with van der Waals surface area (Å²) in [6.45, 7) is 4.69. The second-order valence-electron chi connectivity index (χ2n) is 5.12. The van der Waals surface area contributed by atoms with E-state index in [0.29, 0.717) is 5.41 Å². The van der Waals surface area contributed by atoms with Gasteiger partial charge in [0, 0.05) is 5.54 Å². The van der Waals surface area contributed by atoms with Crippen LogP contribution in [0.5, 0.6) is 0 Å². The van der Waals surface area contributed by atoms with Gasteiger partial charge in [-0.15, -0.1) is 0 Å². The Hall–Kier alpha value is -0.0400. The maximum atomic E-state index is 6.44. The second-order valence-corrected chi connectivity index (χ2v) is 5.12. The van der Waals surface area contributed by atoms with Gasteiger partial charge in [-0.25, -0.2) is 0 Å². The summed E-state index contributed by atoms with van der Waals surface area (Å²) in [5.74, 6) is 0.834. The summed E-state index contributed by atoms with van der Waals surface area (Å²) in [6, 6.07) is 0. The van der Waals surface area contributed by atoms with Gasteiger partial charge in [0.15, 0.2) is 0 Å². The SMILES string of the molecule is CCC1CC1(N)C1(C)CCCC1. The average Bonchev–Trinajstić information content (AvgIpc) is 2.52. The van der Waals surface area contributed by atoms with E-state index in [4.69, 9.17) is 5.73 Å². The Balaban J connectivity index is 2.09. The van der Waals surface area contributed by atoms with Crippen LogP contribution in [0.2, 0.25) is 0 Å². The van der Waals surface area contributed by atoms with Gasteiger partial charge in [-0.3, -0.25) is 0 Å². The monoisotopic (exact) mass is 167 g/mol. The van der Waals surface area contributed by atoms with Crippen LogP contribution in [0.25, 0.3) is 0 Å². The molecule has 2 aliphatic carbocycles. The predicted octanol–water partition coefficient (Wildman–Crippen LogP) is 2.69. The van der Waals surface area contributed by atoms with Crippen molar-refractivity contribution >= 4 is 0 Å². The van der Waals surface area contributed by atoms with E-state index in [9.17, 15) is 0 Å². The minimum Gasteiger partial charge on any atom is -0.324 e. The van der Waals surface area contributed by atoms with Crippen LogP contribution in [-0.2, 0) is 0 Å². The Morgan fingerprint density at radius 3 is 2.33 bits per heavy atom. The molecule has 0 spiro atoms. The van der Waals surface area contributed by atoms with E-state index < -0.39 is 0 Å². The highest BCUT2D eigenvalue weighted by Crippen LogP contribution is 2.60. The summed E-state index contributed by atoms with van der Waals surface area (Å²) in [4.78, 5) is 0. The quantitative estimate of drug-likeness (QED) is 0.672. The normalized spacial score (nSPS) is 44.8. The number of rotatable bonds is 2. The third-order valence-corrected chi connectivity index (χ3v) is 4.48. The van der Waals surface area contributed by atoms with Crippen LogP contribution in [0.15, 0.2) is 0 Å². The molecule has 0 aromatic heterocycles. The van der Waals surface area contributed by atoms with Crippen LogP contribution >= 0.6 is 0 Å². The number of nitrogens with two attached hydrogens (primary N) is 1. The third kappa shape index (κ3) is 0.953. The Morgan fingerprint density at radius 1 is 1.33 bits per heavy atom. The van der Waals surface area contributed by atoms with Crippen molar-refractivity contribution < 1.29 is 0 Å². The van der Waals surface area contributed by atoms with Gasteiger partial charge >= 0.3 is 0 Å². The van der Waals surface area contributed by atoms with Crippen molar-refractivity contribution in [3.63, 3.8) is 0 Å². The summed E-state index contributed by atoms with van der Waals surface area (Å²) in [6.07, 6.45) is 8.14. The Morgan fingerprint density at radius 2 is 1.92 bits per heavy atom. The van der Waals surface area contributed by atoms with E-state index in [0.717, 1.165) is 5.92 Å². The lowest BCUT2D eigenvalue weighted by Gasteiger charge is -2.32. The van der Waals surface area contributed by atoms with Gasteiger partial charge in [0.25, 0.3) is 0 Å². The maximum Gasteiger partial charge on any atom is 0.0241 e. The van der Waals surface area contributed by atoms with Crippen molar-refractivity contribution in [2.75, 3.05) is 0 Å². The molecule has 2 N–H and O–H groups in total. The van der Waals surface area contributed by atoms with E-state index in [1.807, 2.05) is 0 Å². The Kier molecular flexibility index (Phi) is 1.76. The highest BCUT2D eigenvalue weighted by atomic mass is 14.9. The van der Waals surface area contributed by atoms with E-state index in [2.05, 4.69) is 13.8 Å². The van der Waals surface area contributed by atoms with Gasteiger partial charge in [0.2, 0.25) is 0 Å². The van der Waals surface area contributed by atoms with Gasteiger partial charge in [0.05, 0.1) is 0 Å². The molecule has 1 nitrogen and oxygen atoms in total. The topological polar surface area (TPSA) is 26.0 Å². The molecule has 70 valence electrons. The van der Waals surface area contributed by atoms with Gasteiger partial charge in [-0.2, -0.15) is 0 Å². The van der Waals surface area contributed by atoms with E-state index >= 15 is 0 Å². The maximum absolute atomic E-state index is 6.44. The summed E-state index contributed by atoms with van der Waals surface area (Å²) in [5.41, 5.74) is 7.17. The van der Waals surface area contributed by atoms with Gasteiger partial charge in [-0.1, -0.05) is 33.1 Å². The molecule has 0 bridgehead atoms. The number of hydrogen-bond donors (Lipinski definition) is 1. The van der Waals surface area contributed by atoms with Gasteiger partial charge in [-0.05, 0) is 30.6 Å². The largest absolute Gasteiger partial charge is 0.324 e. The third-order valence-electron chi connectivity index (χ3n) is 4.48. The molecule has 2 atom stereocenters. The fourth-order valence-corrected chi connectivity index (χ4v) is 3.22. The standard InChI is InChI=1S/C11H21N/c1-3-9-8-11(9,12)10(2)6-4-5-7-10/h9H,3-8,12H2,1-2H3. The summed E-state index contributed by atoms with van der Waals surface area (Å²) < 4.78 is 0. The van der Waals surface area contributed by atoms with Crippen molar-refractivity contribution in [1.82, 2.24) is 0 Å². The van der Waals surface area contributed by atoms with Crippen LogP contribution in [0.3, 0.4) is 0 Å². The molecule has 2 saturated carbocycles. The van der Waals surface area contributed by atoms with Crippen molar-refractivity contribution in [1.29, 1.82) is 0 Å². The molecule has 0 aromatic carbocycles. The Bertz CT molecular complexity index is 181. The zero-order valence-corrected chi connectivity index (χ0v) is 8.40. The highest BCUT2D eigenvalue weighted by molar-refractivity contribution is 5.17. The molecule has 0 heterocycles. The first-order chi connectivity index (χ1) is 5.62. The molecule has 2 fully saturated rings. The van der Waals surface area contributed by atoms with E-state index in [-0.39, 0.29) is 5.54 Å². The average molecular weight is 167 g/mol. The van der Waals surface area contributed by atoms with Crippen LogP contribution in [0, 0.1) is 11.3 Å². The minimum absolute atomic E-state index is 0.234. The minimum atomic E-state index is 0.234. The fourth-order valence-electron chi connectivity index (χ4n) is 3.22. The van der Waals surface area contributed by atoms with Crippen molar-refractivity contribution in [2.24, 2.45) is 17.1 Å². The summed E-state index contributed by atoms with van der Waals surface area (Å²) in [7, 11) is 0. The lowest BCUT2D eigenvalue weighted by molar-refractivity contribution is 0.225. The van der Waals surface area contributed by atoms with Gasteiger partial charge < -0.3 is 5.73 Å². The van der Waals surface area contributed by atoms with Crippen LogP contribution < -0.4 is 5.73 Å². The molecule has 2 rings (SSSR count). The van der Waals surface area contributed by atoms with Crippen molar-refractivity contribution in [3.8, 4) is 0 Å². The first kappa shape index (κ1) is 8.55. The van der Waals surface area contributed by atoms with Crippen molar-refractivity contribution in [2.45, 2.75) is 57.9 Å². The molecule has 0 amide bonds. The molecule has 0 aromatic rings. The van der Waals surface area contributed by atoms with Crippen molar-refractivity contribution in [3.05, 3.63) is 0 Å². The second kappa shape index (κ2) is 2.47. The molecule has 2 unspecified atom stereocenters. The molecule has 1 heteroatoms. The first-order valence-corrected chi connectivity index (χ1v) is 5.41. The smallest absolute Gasteiger partial charge is 0.0241 e. The van der Waals surface area contributed by atoms with Crippen LogP contribution in [0.1, 0.15) is 52.4 Å². The first-order valence-electron chi connectivity index (χ1n) is 5.41. The molecule has 12 heavy (non-hydrogen) atoms. The summed E-state index contributed by atoms with van der Waals surface area (Å²) >= 11 is 0. The molecule has 0 radical (unpaired) electrons. The highest BCUT2D eigenvalue weighted by Gasteiger charge is 2.61. The predicted molar refractivity (Wildman–Crippen MR) is 51.9 cm³/mol. The molecular weight excluding hydrogens is 146 g/mol. The lowest BCUT2D eigenvalue weighted by Crippen LogP contribution is -2.42. The molecule has 0 saturated heterocycles. The summed E-state index contributed by atoms with van der Waals surface area (Å²) in [5, 5.41) is 0. The zero-order valence-electron chi connectivity index (χ0n) is 8.40. The molecule has 2 aliphatic rings. The van der Waals surface area contributed by atoms with E-state index in [1.165, 1.54) is 38.5 Å². The molecule has 0 aliphatic heterocycles. The van der Waals surface area contributed by atoms with Gasteiger partial charge in [0.1, 0.15) is 0 Å². The van der Waals surface area contributed by atoms with Crippen LogP contribution in [0.4, 0.5) is 0 Å². The fraction of sp³-hybridized carbons (Fsp3) is 1.00. The van der Waals surface area contributed by atoms with E-state index in [1.54, 1.807) is 0 Å². The lowest BCUT2D eigenvalue weighted by atomic mass is 9.77. The number of hydrogen-bond acceptors (Lipinski definition) is 1. The Labute approximate surface area is 75.7 Å². The van der Waals surface area contributed by atoms with Crippen LogP contribution in [-0.4, -0.2) is 5.54 Å². The molecular formula is C11H21N.